The van der Waals surface area contributed by atoms with Gasteiger partial charge in [0.1, 0.15) is 0 Å². The Balaban J connectivity index is 2.57. The topological polar surface area (TPSA) is 58.6 Å². The van der Waals surface area contributed by atoms with Gasteiger partial charge in [-0.05, 0) is 38.5 Å². The Morgan fingerprint density at radius 3 is 2.61 bits per heavy atom. The van der Waals surface area contributed by atoms with Crippen LogP contribution in [0, 0.1) is 0 Å². The maximum absolute atomic E-state index is 12.4. The Kier molecular flexibility index (Phi) is 5.55. The zero-order chi connectivity index (χ0) is 17.1. The number of nitrogens with zero attached hydrogens (tertiary/aromatic N) is 1. The van der Waals surface area contributed by atoms with E-state index in [0.29, 0.717) is 33.4 Å². The Hall–Kier alpha value is -1.72. The molecule has 0 bridgehead atoms. The molecule has 124 valence electrons. The van der Waals surface area contributed by atoms with Gasteiger partial charge in [-0.15, -0.1) is 0 Å². The number of urea groups is 1. The molecule has 23 heavy (non-hydrogen) atoms. The predicted octanol–water partition coefficient (Wildman–Crippen LogP) is 3.92. The number of allylic oxidation sites excluding steroid dienone is 1. The monoisotopic (exact) mass is 356 g/mol. The Bertz CT molecular complexity index is 673. The summed E-state index contributed by atoms with van der Waals surface area (Å²) in [6, 6.07) is 3.99. The number of ether oxygens (including phenoxy) is 1. The smallest absolute Gasteiger partial charge is 0.338 e. The van der Waals surface area contributed by atoms with E-state index < -0.39 is 12.0 Å². The van der Waals surface area contributed by atoms with Crippen molar-refractivity contribution < 1.29 is 14.3 Å². The second-order valence-electron chi connectivity index (χ2n) is 5.01. The molecule has 0 unspecified atom stereocenters. The van der Waals surface area contributed by atoms with Crippen molar-refractivity contribution in [3.05, 3.63) is 45.1 Å². The van der Waals surface area contributed by atoms with Crippen LogP contribution >= 0.6 is 23.2 Å². The van der Waals surface area contributed by atoms with Crippen LogP contribution in [0.25, 0.3) is 0 Å². The molecule has 1 N–H and O–H groups in total. The molecule has 2 amide bonds. The second-order valence-corrected chi connectivity index (χ2v) is 5.86. The zero-order valence-corrected chi connectivity index (χ0v) is 14.7. The van der Waals surface area contributed by atoms with E-state index in [1.54, 1.807) is 32.0 Å². The molecular weight excluding hydrogens is 339 g/mol. The number of carbonyl (C=O) groups is 2. The normalized spacial score (nSPS) is 18.0. The van der Waals surface area contributed by atoms with Crippen LogP contribution < -0.4 is 5.32 Å². The van der Waals surface area contributed by atoms with Gasteiger partial charge in [-0.25, -0.2) is 9.59 Å². The van der Waals surface area contributed by atoms with Crippen LogP contribution in [0.2, 0.25) is 10.0 Å². The van der Waals surface area contributed by atoms with Crippen LogP contribution in [0.1, 0.15) is 32.4 Å². The zero-order valence-electron chi connectivity index (χ0n) is 13.2. The summed E-state index contributed by atoms with van der Waals surface area (Å²) < 4.78 is 5.15. The SMILES string of the molecule is CCOC(=O)C1=C(C)N(CC)C(=O)N[C@H]1c1ccc(Cl)cc1Cl. The minimum atomic E-state index is -0.672. The molecule has 0 aromatic heterocycles. The van der Waals surface area contributed by atoms with Gasteiger partial charge >= 0.3 is 12.0 Å². The highest BCUT2D eigenvalue weighted by molar-refractivity contribution is 6.35. The van der Waals surface area contributed by atoms with Crippen molar-refractivity contribution in [1.82, 2.24) is 10.2 Å². The van der Waals surface area contributed by atoms with E-state index in [9.17, 15) is 9.59 Å². The van der Waals surface area contributed by atoms with Crippen molar-refractivity contribution in [1.29, 1.82) is 0 Å². The van der Waals surface area contributed by atoms with Gasteiger partial charge in [0.15, 0.2) is 0 Å². The number of rotatable bonds is 4. The lowest BCUT2D eigenvalue weighted by atomic mass is 9.95. The highest BCUT2D eigenvalue weighted by atomic mass is 35.5. The molecule has 0 radical (unpaired) electrons. The number of esters is 1. The number of amides is 2. The van der Waals surface area contributed by atoms with Gasteiger partial charge in [-0.2, -0.15) is 0 Å². The van der Waals surface area contributed by atoms with Crippen molar-refractivity contribution in [2.45, 2.75) is 26.8 Å². The molecule has 1 heterocycles. The highest BCUT2D eigenvalue weighted by Gasteiger charge is 2.36. The molecule has 1 aliphatic heterocycles. The van der Waals surface area contributed by atoms with Gasteiger partial charge in [0.2, 0.25) is 0 Å². The number of nitrogens with one attached hydrogen (secondary N) is 1. The standard InChI is InChI=1S/C16H18Cl2N2O3/c1-4-20-9(3)13(15(21)23-5-2)14(19-16(20)22)11-7-6-10(17)8-12(11)18/h6-8,14H,4-5H2,1-3H3,(H,19,22)/t14-/m0/s1. The van der Waals surface area contributed by atoms with E-state index in [4.69, 9.17) is 27.9 Å². The van der Waals surface area contributed by atoms with Crippen LogP contribution in [0.5, 0.6) is 0 Å². The van der Waals surface area contributed by atoms with Crippen LogP contribution in [0.15, 0.2) is 29.5 Å². The van der Waals surface area contributed by atoms with Crippen molar-refractivity contribution in [3.8, 4) is 0 Å². The van der Waals surface area contributed by atoms with Crippen molar-refractivity contribution in [2.75, 3.05) is 13.2 Å². The van der Waals surface area contributed by atoms with Gasteiger partial charge < -0.3 is 10.1 Å². The first kappa shape index (κ1) is 17.6. The molecule has 0 spiro atoms. The lowest BCUT2D eigenvalue weighted by Crippen LogP contribution is -2.48. The number of hydrogen-bond acceptors (Lipinski definition) is 3. The van der Waals surface area contributed by atoms with E-state index in [-0.39, 0.29) is 12.6 Å². The third kappa shape index (κ3) is 3.46. The molecular formula is C16H18Cl2N2O3. The number of carbonyl (C=O) groups excluding carboxylic acids is 2. The molecule has 7 heteroatoms. The summed E-state index contributed by atoms with van der Waals surface area (Å²) in [6.45, 7) is 5.99. The molecule has 0 fully saturated rings. The summed E-state index contributed by atoms with van der Waals surface area (Å²) in [5.74, 6) is -0.473. The quantitative estimate of drug-likeness (QED) is 0.831. The Morgan fingerprint density at radius 1 is 1.35 bits per heavy atom. The summed E-state index contributed by atoms with van der Waals surface area (Å²) in [5.41, 5.74) is 1.53. The van der Waals surface area contributed by atoms with Gasteiger partial charge in [0, 0.05) is 22.3 Å². The van der Waals surface area contributed by atoms with Crippen LogP contribution in [-0.4, -0.2) is 30.1 Å². The molecule has 0 saturated heterocycles. The summed E-state index contributed by atoms with van der Waals surface area (Å²) in [7, 11) is 0. The first-order chi connectivity index (χ1) is 10.9. The van der Waals surface area contributed by atoms with Crippen LogP contribution in [-0.2, 0) is 9.53 Å². The van der Waals surface area contributed by atoms with E-state index in [1.165, 1.54) is 4.90 Å². The minimum Gasteiger partial charge on any atom is -0.463 e. The largest absolute Gasteiger partial charge is 0.463 e. The predicted molar refractivity (Wildman–Crippen MR) is 89.4 cm³/mol. The number of hydrogen-bond donors (Lipinski definition) is 1. The van der Waals surface area contributed by atoms with Crippen molar-refractivity contribution in [2.24, 2.45) is 0 Å². The third-order valence-corrected chi connectivity index (χ3v) is 4.24. The maximum atomic E-state index is 12.4. The fourth-order valence-corrected chi connectivity index (χ4v) is 3.12. The van der Waals surface area contributed by atoms with E-state index in [1.807, 2.05) is 6.92 Å². The molecule has 0 aliphatic carbocycles. The average molecular weight is 357 g/mol. The maximum Gasteiger partial charge on any atom is 0.338 e. The first-order valence-corrected chi connectivity index (χ1v) is 8.07. The molecule has 5 nitrogen and oxygen atoms in total. The minimum absolute atomic E-state index is 0.247. The highest BCUT2D eigenvalue weighted by Crippen LogP contribution is 2.35. The lowest BCUT2D eigenvalue weighted by molar-refractivity contribution is -0.139. The summed E-state index contributed by atoms with van der Waals surface area (Å²) in [4.78, 5) is 26.2. The Labute approximate surface area is 145 Å². The van der Waals surface area contributed by atoms with Crippen LogP contribution in [0.4, 0.5) is 4.79 Å². The van der Waals surface area contributed by atoms with E-state index in [0.717, 1.165) is 0 Å². The number of benzene rings is 1. The summed E-state index contributed by atoms with van der Waals surface area (Å²) in [6.07, 6.45) is 0. The average Bonchev–Trinajstić information content (AvgIpc) is 2.47. The number of halogens is 2. The van der Waals surface area contributed by atoms with Gasteiger partial charge in [0.05, 0.1) is 18.2 Å². The fraction of sp³-hybridized carbons (Fsp3) is 0.375. The lowest BCUT2D eigenvalue weighted by Gasteiger charge is -2.35. The van der Waals surface area contributed by atoms with Crippen molar-refractivity contribution >= 4 is 35.2 Å². The second kappa shape index (κ2) is 7.23. The van der Waals surface area contributed by atoms with Gasteiger partial charge in [-0.1, -0.05) is 29.3 Å². The summed E-state index contributed by atoms with van der Waals surface area (Å²) in [5, 5.41) is 3.67. The van der Waals surface area contributed by atoms with E-state index in [2.05, 4.69) is 5.32 Å². The molecule has 1 aliphatic rings. The Morgan fingerprint density at radius 2 is 2.04 bits per heavy atom. The molecule has 1 aromatic rings. The molecule has 2 rings (SSSR count). The van der Waals surface area contributed by atoms with Gasteiger partial charge in [-0.3, -0.25) is 4.90 Å². The molecule has 1 atom stereocenters. The third-order valence-electron chi connectivity index (χ3n) is 3.68. The first-order valence-electron chi connectivity index (χ1n) is 7.31. The molecule has 1 aromatic carbocycles. The fourth-order valence-electron chi connectivity index (χ4n) is 2.60. The summed E-state index contributed by atoms with van der Waals surface area (Å²) >= 11 is 12.2. The van der Waals surface area contributed by atoms with Crippen LogP contribution in [0.3, 0.4) is 0 Å². The van der Waals surface area contributed by atoms with Gasteiger partial charge in [0.25, 0.3) is 0 Å². The van der Waals surface area contributed by atoms with Crippen molar-refractivity contribution in [3.63, 3.8) is 0 Å². The molecule has 0 saturated carbocycles. The van der Waals surface area contributed by atoms with E-state index >= 15 is 0 Å².